The summed E-state index contributed by atoms with van der Waals surface area (Å²) in [5, 5.41) is 3.38. The van der Waals surface area contributed by atoms with Crippen LogP contribution in [0.1, 0.15) is 46.0 Å². The molecule has 1 fully saturated rings. The molecule has 0 radical (unpaired) electrons. The highest BCUT2D eigenvalue weighted by molar-refractivity contribution is 5.49. The van der Waals surface area contributed by atoms with Gasteiger partial charge in [-0.1, -0.05) is 32.6 Å². The van der Waals surface area contributed by atoms with Crippen molar-refractivity contribution in [3.63, 3.8) is 0 Å². The predicted molar refractivity (Wildman–Crippen MR) is 62.8 cm³/mol. The van der Waals surface area contributed by atoms with Gasteiger partial charge >= 0.3 is 0 Å². The van der Waals surface area contributed by atoms with Gasteiger partial charge < -0.3 is 10.2 Å². The van der Waals surface area contributed by atoms with Gasteiger partial charge in [0.05, 0.1) is 5.54 Å². The van der Waals surface area contributed by atoms with Crippen LogP contribution in [0.3, 0.4) is 0 Å². The Morgan fingerprint density at radius 2 is 2.20 bits per heavy atom. The van der Waals surface area contributed by atoms with Gasteiger partial charge in [0.25, 0.3) is 0 Å². The Morgan fingerprint density at radius 1 is 1.40 bits per heavy atom. The number of piperazine rings is 1. The predicted octanol–water partition coefficient (Wildman–Crippen LogP) is 1.78. The molecule has 0 aromatic rings. The highest BCUT2D eigenvalue weighted by atomic mass is 16.1. The third-order valence-electron chi connectivity index (χ3n) is 3.42. The van der Waals surface area contributed by atoms with Crippen LogP contribution >= 0.6 is 0 Å². The van der Waals surface area contributed by atoms with E-state index in [1.54, 1.807) is 0 Å². The Kier molecular flexibility index (Phi) is 5.09. The molecule has 1 unspecified atom stereocenters. The quantitative estimate of drug-likeness (QED) is 0.537. The van der Waals surface area contributed by atoms with Crippen LogP contribution < -0.4 is 5.32 Å². The highest BCUT2D eigenvalue weighted by Gasteiger charge is 2.32. The first-order chi connectivity index (χ1) is 7.23. The largest absolute Gasteiger partial charge is 0.337 e. The SMILES string of the molecule is CCCCCCC1(C)CNCCN1C=O. The summed E-state index contributed by atoms with van der Waals surface area (Å²) in [4.78, 5) is 12.9. The fourth-order valence-corrected chi connectivity index (χ4v) is 2.27. The topological polar surface area (TPSA) is 32.3 Å². The molecule has 0 spiro atoms. The third kappa shape index (κ3) is 3.49. The van der Waals surface area contributed by atoms with Crippen molar-refractivity contribution in [2.75, 3.05) is 19.6 Å². The number of nitrogens with zero attached hydrogens (tertiary/aromatic N) is 1. The molecule has 3 nitrogen and oxygen atoms in total. The lowest BCUT2D eigenvalue weighted by Gasteiger charge is -2.43. The first-order valence-electron chi connectivity index (χ1n) is 6.16. The maximum Gasteiger partial charge on any atom is 0.210 e. The van der Waals surface area contributed by atoms with Crippen molar-refractivity contribution in [2.24, 2.45) is 0 Å². The second-order valence-corrected chi connectivity index (χ2v) is 4.78. The van der Waals surface area contributed by atoms with Gasteiger partial charge in [-0.2, -0.15) is 0 Å². The van der Waals surface area contributed by atoms with Gasteiger partial charge in [0.1, 0.15) is 0 Å². The van der Waals surface area contributed by atoms with E-state index in [4.69, 9.17) is 0 Å². The average molecular weight is 212 g/mol. The van der Waals surface area contributed by atoms with Crippen molar-refractivity contribution in [3.8, 4) is 0 Å². The lowest BCUT2D eigenvalue weighted by molar-refractivity contribution is -0.124. The molecule has 1 saturated heterocycles. The van der Waals surface area contributed by atoms with Crippen LogP contribution in [0, 0.1) is 0 Å². The smallest absolute Gasteiger partial charge is 0.210 e. The highest BCUT2D eigenvalue weighted by Crippen LogP contribution is 2.22. The molecule has 1 N–H and O–H groups in total. The van der Waals surface area contributed by atoms with Gasteiger partial charge in [-0.15, -0.1) is 0 Å². The fraction of sp³-hybridized carbons (Fsp3) is 0.917. The number of rotatable bonds is 6. The molecule has 0 aromatic carbocycles. The van der Waals surface area contributed by atoms with Crippen LogP contribution in [0.5, 0.6) is 0 Å². The minimum atomic E-state index is 0.0493. The molecule has 0 aliphatic carbocycles. The van der Waals surface area contributed by atoms with Gasteiger partial charge in [0, 0.05) is 19.6 Å². The summed E-state index contributed by atoms with van der Waals surface area (Å²) in [7, 11) is 0. The summed E-state index contributed by atoms with van der Waals surface area (Å²) in [6.45, 7) is 7.15. The van der Waals surface area contributed by atoms with Crippen molar-refractivity contribution >= 4 is 6.41 Å². The van der Waals surface area contributed by atoms with E-state index in [-0.39, 0.29) is 5.54 Å². The van der Waals surface area contributed by atoms with E-state index < -0.39 is 0 Å². The van der Waals surface area contributed by atoms with Gasteiger partial charge in [-0.25, -0.2) is 0 Å². The molecule has 0 saturated carbocycles. The van der Waals surface area contributed by atoms with E-state index in [2.05, 4.69) is 19.2 Å². The lowest BCUT2D eigenvalue weighted by atomic mass is 9.91. The molecule has 1 rings (SSSR count). The first-order valence-corrected chi connectivity index (χ1v) is 6.16. The number of carbonyl (C=O) groups is 1. The molecular weight excluding hydrogens is 188 g/mol. The van der Waals surface area contributed by atoms with E-state index in [1.165, 1.54) is 25.7 Å². The molecule has 1 aliphatic rings. The van der Waals surface area contributed by atoms with E-state index in [1.807, 2.05) is 4.90 Å². The monoisotopic (exact) mass is 212 g/mol. The van der Waals surface area contributed by atoms with Gasteiger partial charge in [-0.05, 0) is 13.3 Å². The average Bonchev–Trinajstić information content (AvgIpc) is 2.25. The Labute approximate surface area is 93.2 Å². The first kappa shape index (κ1) is 12.5. The Bertz CT molecular complexity index is 196. The van der Waals surface area contributed by atoms with E-state index in [0.717, 1.165) is 32.5 Å². The van der Waals surface area contributed by atoms with Crippen LogP contribution in [-0.4, -0.2) is 36.5 Å². The minimum Gasteiger partial charge on any atom is -0.337 e. The normalized spacial score (nSPS) is 26.7. The molecule has 15 heavy (non-hydrogen) atoms. The van der Waals surface area contributed by atoms with Gasteiger partial charge in [0.15, 0.2) is 0 Å². The molecule has 1 heterocycles. The molecule has 1 amide bonds. The number of amides is 1. The minimum absolute atomic E-state index is 0.0493. The maximum atomic E-state index is 11.0. The van der Waals surface area contributed by atoms with E-state index in [0.29, 0.717) is 0 Å². The number of carbonyl (C=O) groups excluding carboxylic acids is 1. The second kappa shape index (κ2) is 6.11. The maximum absolute atomic E-state index is 11.0. The Morgan fingerprint density at radius 3 is 2.87 bits per heavy atom. The van der Waals surface area contributed by atoms with E-state index >= 15 is 0 Å². The van der Waals surface area contributed by atoms with Crippen LogP contribution in [-0.2, 0) is 4.79 Å². The van der Waals surface area contributed by atoms with Crippen LogP contribution in [0.25, 0.3) is 0 Å². The van der Waals surface area contributed by atoms with Crippen molar-refractivity contribution < 1.29 is 4.79 Å². The number of hydrogen-bond donors (Lipinski definition) is 1. The Hall–Kier alpha value is -0.570. The zero-order valence-electron chi connectivity index (χ0n) is 10.1. The number of nitrogens with one attached hydrogen (secondary N) is 1. The zero-order chi connectivity index (χ0) is 11.1. The summed E-state index contributed by atoms with van der Waals surface area (Å²) < 4.78 is 0. The Balaban J connectivity index is 2.36. The molecule has 1 aliphatic heterocycles. The molecule has 0 bridgehead atoms. The second-order valence-electron chi connectivity index (χ2n) is 4.78. The summed E-state index contributed by atoms with van der Waals surface area (Å²) in [5.74, 6) is 0. The van der Waals surface area contributed by atoms with Crippen molar-refractivity contribution in [1.82, 2.24) is 10.2 Å². The van der Waals surface area contributed by atoms with Gasteiger partial charge in [-0.3, -0.25) is 4.79 Å². The van der Waals surface area contributed by atoms with Crippen molar-refractivity contribution in [3.05, 3.63) is 0 Å². The fourth-order valence-electron chi connectivity index (χ4n) is 2.27. The summed E-state index contributed by atoms with van der Waals surface area (Å²) in [5.41, 5.74) is 0.0493. The molecule has 88 valence electrons. The summed E-state index contributed by atoms with van der Waals surface area (Å²) in [6, 6.07) is 0. The van der Waals surface area contributed by atoms with Crippen LogP contribution in [0.15, 0.2) is 0 Å². The number of unbranched alkanes of at least 4 members (excludes halogenated alkanes) is 3. The summed E-state index contributed by atoms with van der Waals surface area (Å²) >= 11 is 0. The zero-order valence-corrected chi connectivity index (χ0v) is 10.1. The van der Waals surface area contributed by atoms with Gasteiger partial charge in [0.2, 0.25) is 6.41 Å². The van der Waals surface area contributed by atoms with E-state index in [9.17, 15) is 4.79 Å². The standard InChI is InChI=1S/C12H24N2O/c1-3-4-5-6-7-12(2)10-13-8-9-14(12)11-15/h11,13H,3-10H2,1-2H3. The molecule has 1 atom stereocenters. The summed E-state index contributed by atoms with van der Waals surface area (Å²) in [6.07, 6.45) is 7.24. The molecule has 0 aromatic heterocycles. The van der Waals surface area contributed by atoms with Crippen LogP contribution in [0.4, 0.5) is 0 Å². The van der Waals surface area contributed by atoms with Crippen LogP contribution in [0.2, 0.25) is 0 Å². The third-order valence-corrected chi connectivity index (χ3v) is 3.42. The number of hydrogen-bond acceptors (Lipinski definition) is 2. The molecule has 3 heteroatoms. The van der Waals surface area contributed by atoms with Crippen molar-refractivity contribution in [1.29, 1.82) is 0 Å². The lowest BCUT2D eigenvalue weighted by Crippen LogP contribution is -2.58. The molecular formula is C12H24N2O. The van der Waals surface area contributed by atoms with Crippen molar-refractivity contribution in [2.45, 2.75) is 51.5 Å².